The molecule has 0 aliphatic carbocycles. The summed E-state index contributed by atoms with van der Waals surface area (Å²) >= 11 is 0. The molecule has 0 aromatic heterocycles. The first-order valence-electron chi connectivity index (χ1n) is 22.8. The summed E-state index contributed by atoms with van der Waals surface area (Å²) < 4.78 is 101. The highest BCUT2D eigenvalue weighted by Gasteiger charge is 2.35. The molecule has 0 radical (unpaired) electrons. The maximum atomic E-state index is 7.05. The van der Waals surface area contributed by atoms with Crippen LogP contribution in [0.5, 0.6) is 46.0 Å². The predicted molar refractivity (Wildman–Crippen MR) is 256 cm³/mol. The fraction of sp³-hybridized carbons (Fsp3) is 0.308. The van der Waals surface area contributed by atoms with Crippen LogP contribution in [0.4, 0.5) is 0 Å². The predicted octanol–water partition coefficient (Wildman–Crippen LogP) is 11.7. The molecule has 0 unspecified atom stereocenters. The summed E-state index contributed by atoms with van der Waals surface area (Å²) in [4.78, 5) is 0. The summed E-state index contributed by atoms with van der Waals surface area (Å²) in [5, 5.41) is 0. The van der Waals surface area contributed by atoms with E-state index in [4.69, 9.17) is 74.5 Å². The van der Waals surface area contributed by atoms with Crippen LogP contribution >= 0.6 is 17.2 Å². The van der Waals surface area contributed by atoms with E-state index in [-0.39, 0.29) is 11.5 Å². The second-order valence-corrected chi connectivity index (χ2v) is 18.1. The van der Waals surface area contributed by atoms with E-state index in [2.05, 4.69) is 0 Å². The maximum Gasteiger partial charge on any atom is 0.530 e. The normalized spacial score (nSPS) is 16.8. The van der Waals surface area contributed by atoms with Crippen molar-refractivity contribution < 1.29 is 74.5 Å². The number of para-hydroxylation sites is 4. The molecule has 4 heterocycles. The number of rotatable bonds is 19. The van der Waals surface area contributed by atoms with Crippen molar-refractivity contribution in [2.75, 3.05) is 67.1 Å². The van der Waals surface area contributed by atoms with Crippen molar-refractivity contribution in [3.05, 3.63) is 155 Å². The highest BCUT2D eigenvalue weighted by Crippen LogP contribution is 2.56. The molecule has 0 atom stereocenters. The molecular weight excluding hydrogens is 943 g/mol. The molecule has 0 saturated carbocycles. The van der Waals surface area contributed by atoms with Gasteiger partial charge in [0.25, 0.3) is 0 Å². The highest BCUT2D eigenvalue weighted by atomic mass is 31.2. The van der Waals surface area contributed by atoms with Crippen LogP contribution in [-0.2, 0) is 37.9 Å². The minimum absolute atomic E-state index is 0.279. The van der Waals surface area contributed by atoms with Gasteiger partial charge in [-0.25, -0.2) is 0 Å². The quantitative estimate of drug-likeness (QED) is 0.0708. The zero-order chi connectivity index (χ0) is 47.8. The van der Waals surface area contributed by atoms with Crippen molar-refractivity contribution in [3.8, 4) is 57.1 Å². The fourth-order valence-electron chi connectivity index (χ4n) is 8.14. The molecule has 18 heteroatoms. The molecule has 0 N–H and O–H groups in total. The molecule has 4 aliphatic heterocycles. The van der Waals surface area contributed by atoms with Crippen LogP contribution in [0.2, 0.25) is 0 Å². The Labute approximate surface area is 408 Å². The SMILES string of the molecule is COc1cc(C)cc(-c2cc(C)cc(OC)c2OP(Oc2ccccc2C2OCCO2)Oc2ccccc2C2OCCO2)c1OP(Oc1ccccc1C1OCCO1)Oc1ccccc1C1OCCO1. The third-order valence-electron chi connectivity index (χ3n) is 11.3. The van der Waals surface area contributed by atoms with Gasteiger partial charge in [0.2, 0.25) is 0 Å². The zero-order valence-corrected chi connectivity index (χ0v) is 40.7. The summed E-state index contributed by atoms with van der Waals surface area (Å²) in [6.45, 7) is 7.43. The molecule has 0 amide bonds. The van der Waals surface area contributed by atoms with E-state index in [1.54, 1.807) is 14.2 Å². The Balaban J connectivity index is 1.08. The first-order chi connectivity index (χ1) is 34.4. The van der Waals surface area contributed by atoms with E-state index in [1.165, 1.54) is 0 Å². The topological polar surface area (TPSA) is 148 Å². The van der Waals surface area contributed by atoms with Gasteiger partial charge in [0.15, 0.2) is 48.2 Å². The van der Waals surface area contributed by atoms with E-state index in [1.807, 2.05) is 135 Å². The van der Waals surface area contributed by atoms with Crippen molar-refractivity contribution in [2.45, 2.75) is 39.0 Å². The zero-order valence-electron chi connectivity index (χ0n) is 38.9. The van der Waals surface area contributed by atoms with Crippen molar-refractivity contribution >= 4 is 17.2 Å². The van der Waals surface area contributed by atoms with Gasteiger partial charge in [0.1, 0.15) is 23.0 Å². The molecule has 4 aliphatic rings. The van der Waals surface area contributed by atoms with Crippen molar-refractivity contribution in [1.82, 2.24) is 0 Å². The van der Waals surface area contributed by atoms with Crippen molar-refractivity contribution in [3.63, 3.8) is 0 Å². The van der Waals surface area contributed by atoms with Crippen LogP contribution in [0, 0.1) is 13.8 Å². The van der Waals surface area contributed by atoms with Crippen LogP contribution in [0.1, 0.15) is 58.5 Å². The monoisotopic (exact) mass is 994 g/mol. The third kappa shape index (κ3) is 10.9. The van der Waals surface area contributed by atoms with Crippen LogP contribution in [0.15, 0.2) is 121 Å². The lowest BCUT2D eigenvalue weighted by Crippen LogP contribution is -2.10. The number of aryl methyl sites for hydroxylation is 2. The Hall–Kier alpha value is -5.74. The lowest BCUT2D eigenvalue weighted by Gasteiger charge is -2.26. The minimum atomic E-state index is -2.38. The summed E-state index contributed by atoms with van der Waals surface area (Å²) in [5.74, 6) is 3.06. The maximum absolute atomic E-state index is 7.05. The Morgan fingerprint density at radius 3 is 0.857 bits per heavy atom. The van der Waals surface area contributed by atoms with E-state index < -0.39 is 42.4 Å². The van der Waals surface area contributed by atoms with Crippen LogP contribution in [0.3, 0.4) is 0 Å². The molecule has 16 nitrogen and oxygen atoms in total. The molecule has 6 aromatic carbocycles. The smallest absolute Gasteiger partial charge is 0.493 e. The molecule has 0 spiro atoms. The molecule has 4 fully saturated rings. The lowest BCUT2D eigenvalue weighted by molar-refractivity contribution is -0.0456. The molecule has 366 valence electrons. The Kier molecular flexibility index (Phi) is 15.4. The minimum Gasteiger partial charge on any atom is -0.493 e. The molecule has 0 bridgehead atoms. The number of hydrogen-bond acceptors (Lipinski definition) is 16. The third-order valence-corrected chi connectivity index (χ3v) is 13.4. The van der Waals surface area contributed by atoms with E-state index in [0.717, 1.165) is 11.1 Å². The summed E-state index contributed by atoms with van der Waals surface area (Å²) in [6, 6.07) is 37.5. The number of methoxy groups -OCH3 is 2. The molecule has 6 aromatic rings. The van der Waals surface area contributed by atoms with Gasteiger partial charge in [-0.3, -0.25) is 0 Å². The van der Waals surface area contributed by atoms with Gasteiger partial charge >= 0.3 is 17.2 Å². The Bertz CT molecular complexity index is 2410. The number of benzene rings is 6. The number of hydrogen-bond donors (Lipinski definition) is 0. The van der Waals surface area contributed by atoms with Crippen molar-refractivity contribution in [1.29, 1.82) is 0 Å². The standard InChI is InChI=1S/C52H52O16P2/c1-33-29-39(47(45(31-33)53-3)67-69(63-41-17-9-5-13-35(41)49-55-21-22-56-49)64-42-18-10-6-14-36(42)50-57-23-24-58-50)40-30-34(2)32-46(54-4)48(40)68-70(65-43-19-11-7-15-37(43)51-59-25-26-60-51)66-44-20-12-8-16-38(44)52-61-27-28-62-52/h5-20,29-32,49-52H,21-28H2,1-4H3. The molecular formula is C52H52O16P2. The summed E-state index contributed by atoms with van der Waals surface area (Å²) in [6.07, 6.45) is -2.61. The Morgan fingerprint density at radius 1 is 0.343 bits per heavy atom. The van der Waals surface area contributed by atoms with E-state index >= 15 is 0 Å². The molecule has 10 rings (SSSR count). The lowest BCUT2D eigenvalue weighted by atomic mass is 9.98. The van der Waals surface area contributed by atoms with Gasteiger partial charge in [0.05, 0.1) is 89.3 Å². The first kappa shape index (κ1) is 47.9. The van der Waals surface area contributed by atoms with Gasteiger partial charge in [-0.2, -0.15) is 0 Å². The molecule has 4 saturated heterocycles. The van der Waals surface area contributed by atoms with Gasteiger partial charge in [0, 0.05) is 11.1 Å². The number of ether oxygens (including phenoxy) is 10. The van der Waals surface area contributed by atoms with E-state index in [0.29, 0.717) is 121 Å². The highest BCUT2D eigenvalue weighted by molar-refractivity contribution is 7.43. The van der Waals surface area contributed by atoms with Crippen molar-refractivity contribution in [2.24, 2.45) is 0 Å². The summed E-state index contributed by atoms with van der Waals surface area (Å²) in [7, 11) is -1.62. The second-order valence-electron chi connectivity index (χ2n) is 16.1. The first-order valence-corrected chi connectivity index (χ1v) is 25.0. The van der Waals surface area contributed by atoms with Crippen LogP contribution in [0.25, 0.3) is 11.1 Å². The van der Waals surface area contributed by atoms with Gasteiger partial charge in [-0.15, -0.1) is 0 Å². The van der Waals surface area contributed by atoms with Gasteiger partial charge < -0.3 is 74.5 Å². The second kappa shape index (κ2) is 22.6. The van der Waals surface area contributed by atoms with Gasteiger partial charge in [-0.1, -0.05) is 72.8 Å². The largest absolute Gasteiger partial charge is 0.530 e. The van der Waals surface area contributed by atoms with Crippen LogP contribution in [-0.4, -0.2) is 67.1 Å². The molecule has 70 heavy (non-hydrogen) atoms. The van der Waals surface area contributed by atoms with Gasteiger partial charge in [-0.05, 0) is 73.5 Å². The average molecular weight is 995 g/mol. The fourth-order valence-corrected chi connectivity index (χ4v) is 10.3. The van der Waals surface area contributed by atoms with Crippen LogP contribution < -0.4 is 36.6 Å². The Morgan fingerprint density at radius 2 is 0.600 bits per heavy atom. The summed E-state index contributed by atoms with van der Waals surface area (Å²) in [5.41, 5.74) is 5.47. The average Bonchev–Trinajstić information content (AvgIpc) is 4.25. The van der Waals surface area contributed by atoms with E-state index in [9.17, 15) is 0 Å².